The summed E-state index contributed by atoms with van der Waals surface area (Å²) in [7, 11) is 1.51. The minimum Gasteiger partial charge on any atom is -0.481 e. The number of alkyl halides is 3. The first-order chi connectivity index (χ1) is 8.70. The molecule has 0 amide bonds. The Morgan fingerprint density at radius 3 is 2.53 bits per heavy atom. The van der Waals surface area contributed by atoms with E-state index in [9.17, 15) is 22.4 Å². The molecule has 1 rings (SSSR count). The Morgan fingerprint density at radius 2 is 2.00 bits per heavy atom. The summed E-state index contributed by atoms with van der Waals surface area (Å²) >= 11 is 0. The third kappa shape index (κ3) is 4.86. The van der Waals surface area contributed by atoms with Crippen molar-refractivity contribution in [3.8, 4) is 0 Å². The van der Waals surface area contributed by atoms with Crippen molar-refractivity contribution in [1.82, 2.24) is 4.90 Å². The number of hydrogen-bond donors (Lipinski definition) is 1. The van der Waals surface area contributed by atoms with E-state index in [2.05, 4.69) is 0 Å². The van der Waals surface area contributed by atoms with Crippen LogP contribution in [0.1, 0.15) is 17.5 Å². The molecule has 0 bridgehead atoms. The van der Waals surface area contributed by atoms with E-state index in [1.807, 2.05) is 0 Å². The van der Waals surface area contributed by atoms with Gasteiger partial charge in [-0.3, -0.25) is 4.79 Å². The minimum atomic E-state index is -4.63. The fourth-order valence-electron chi connectivity index (χ4n) is 1.61. The lowest BCUT2D eigenvalue weighted by Gasteiger charge is -2.19. The van der Waals surface area contributed by atoms with Gasteiger partial charge < -0.3 is 10.0 Å². The maximum Gasteiger partial charge on any atom is 0.416 e. The summed E-state index contributed by atoms with van der Waals surface area (Å²) in [4.78, 5) is 11.8. The van der Waals surface area contributed by atoms with Crippen LogP contribution in [0.25, 0.3) is 0 Å². The van der Waals surface area contributed by atoms with E-state index in [1.165, 1.54) is 11.9 Å². The van der Waals surface area contributed by atoms with Crippen LogP contribution >= 0.6 is 0 Å². The van der Waals surface area contributed by atoms with Gasteiger partial charge in [-0.15, -0.1) is 0 Å². The average Bonchev–Trinajstić information content (AvgIpc) is 2.27. The molecule has 0 saturated heterocycles. The fourth-order valence-corrected chi connectivity index (χ4v) is 1.61. The zero-order chi connectivity index (χ0) is 14.6. The lowest BCUT2D eigenvalue weighted by molar-refractivity contribution is -0.139. The SMILES string of the molecule is CN(CCC(=O)O)Cc1ccc(F)cc1C(F)(F)F. The Hall–Kier alpha value is -1.63. The second kappa shape index (κ2) is 6.01. The van der Waals surface area contributed by atoms with Crippen LogP contribution in [0, 0.1) is 5.82 Å². The van der Waals surface area contributed by atoms with E-state index >= 15 is 0 Å². The third-order valence-electron chi connectivity index (χ3n) is 2.52. The van der Waals surface area contributed by atoms with Crippen LogP contribution in [0.3, 0.4) is 0 Å². The van der Waals surface area contributed by atoms with Crippen molar-refractivity contribution in [2.24, 2.45) is 0 Å². The number of aliphatic carboxylic acids is 1. The highest BCUT2D eigenvalue weighted by molar-refractivity contribution is 5.66. The molecule has 106 valence electrons. The summed E-state index contributed by atoms with van der Waals surface area (Å²) in [5.41, 5.74) is -1.11. The second-order valence-electron chi connectivity index (χ2n) is 4.18. The fraction of sp³-hybridized carbons (Fsp3) is 0.417. The number of rotatable bonds is 5. The van der Waals surface area contributed by atoms with Crippen LogP contribution in [0.4, 0.5) is 17.6 Å². The highest BCUT2D eigenvalue weighted by Gasteiger charge is 2.33. The molecule has 0 aromatic heterocycles. The Kier molecular flexibility index (Phi) is 4.88. The molecule has 1 aromatic rings. The molecule has 3 nitrogen and oxygen atoms in total. The molecule has 1 aromatic carbocycles. The molecule has 0 heterocycles. The summed E-state index contributed by atoms with van der Waals surface area (Å²) in [6.07, 6.45) is -4.80. The first-order valence-electron chi connectivity index (χ1n) is 5.46. The molecule has 0 fully saturated rings. The smallest absolute Gasteiger partial charge is 0.416 e. The molecule has 0 unspecified atom stereocenters. The Balaban J connectivity index is 2.86. The summed E-state index contributed by atoms with van der Waals surface area (Å²) in [6, 6.07) is 2.46. The number of carbonyl (C=O) groups is 1. The number of carboxylic acid groups (broad SMARTS) is 1. The number of benzene rings is 1. The molecule has 19 heavy (non-hydrogen) atoms. The van der Waals surface area contributed by atoms with Crippen molar-refractivity contribution in [3.05, 3.63) is 35.1 Å². The van der Waals surface area contributed by atoms with Crippen molar-refractivity contribution < 1.29 is 27.5 Å². The molecule has 1 N–H and O–H groups in total. The van der Waals surface area contributed by atoms with Gasteiger partial charge in [-0.25, -0.2) is 4.39 Å². The number of carboxylic acids is 1. The van der Waals surface area contributed by atoms with Crippen molar-refractivity contribution in [2.75, 3.05) is 13.6 Å². The van der Waals surface area contributed by atoms with Gasteiger partial charge in [0.2, 0.25) is 0 Å². The molecule has 7 heteroatoms. The Bertz CT molecular complexity index is 460. The van der Waals surface area contributed by atoms with Gasteiger partial charge in [0.1, 0.15) is 5.82 Å². The Labute approximate surface area is 107 Å². The van der Waals surface area contributed by atoms with Gasteiger partial charge in [-0.1, -0.05) is 6.07 Å². The summed E-state index contributed by atoms with van der Waals surface area (Å²) in [5, 5.41) is 8.49. The predicted octanol–water partition coefficient (Wildman–Crippen LogP) is 2.75. The molecule has 0 atom stereocenters. The average molecular weight is 279 g/mol. The first-order valence-corrected chi connectivity index (χ1v) is 5.46. The van der Waals surface area contributed by atoms with E-state index in [4.69, 9.17) is 5.11 Å². The zero-order valence-corrected chi connectivity index (χ0v) is 10.2. The van der Waals surface area contributed by atoms with Gasteiger partial charge in [-0.2, -0.15) is 13.2 Å². The van der Waals surface area contributed by atoms with Crippen LogP contribution in [-0.4, -0.2) is 29.6 Å². The third-order valence-corrected chi connectivity index (χ3v) is 2.52. The van der Waals surface area contributed by atoms with E-state index in [0.29, 0.717) is 6.07 Å². The van der Waals surface area contributed by atoms with Gasteiger partial charge in [0.25, 0.3) is 0 Å². The standard InChI is InChI=1S/C12H13F4NO2/c1-17(5-4-11(18)19)7-8-2-3-9(13)6-10(8)12(14,15)16/h2-3,6H,4-5,7H2,1H3,(H,18,19). The van der Waals surface area contributed by atoms with Crippen LogP contribution in [-0.2, 0) is 17.5 Å². The summed E-state index contributed by atoms with van der Waals surface area (Å²) in [6.45, 7) is 0.0202. The summed E-state index contributed by atoms with van der Waals surface area (Å²) < 4.78 is 51.0. The molecule has 0 aliphatic carbocycles. The van der Waals surface area contributed by atoms with Gasteiger partial charge in [0, 0.05) is 13.1 Å². The second-order valence-corrected chi connectivity index (χ2v) is 4.18. The van der Waals surface area contributed by atoms with E-state index in [1.54, 1.807) is 0 Å². The predicted molar refractivity (Wildman–Crippen MR) is 60.0 cm³/mol. The quantitative estimate of drug-likeness (QED) is 0.842. The van der Waals surface area contributed by atoms with Crippen LogP contribution in [0.5, 0.6) is 0 Å². The molecule has 0 saturated carbocycles. The number of nitrogens with zero attached hydrogens (tertiary/aromatic N) is 1. The lowest BCUT2D eigenvalue weighted by Crippen LogP contribution is -2.23. The topological polar surface area (TPSA) is 40.5 Å². The zero-order valence-electron chi connectivity index (χ0n) is 10.2. The van der Waals surface area contributed by atoms with Crippen molar-refractivity contribution >= 4 is 5.97 Å². The molecular formula is C12H13F4NO2. The van der Waals surface area contributed by atoms with Gasteiger partial charge in [0.15, 0.2) is 0 Å². The van der Waals surface area contributed by atoms with E-state index in [0.717, 1.165) is 12.1 Å². The molecule has 0 aliphatic rings. The van der Waals surface area contributed by atoms with Crippen molar-refractivity contribution in [2.45, 2.75) is 19.1 Å². The molecule has 0 radical (unpaired) electrons. The first kappa shape index (κ1) is 15.4. The lowest BCUT2D eigenvalue weighted by atomic mass is 10.1. The summed E-state index contributed by atoms with van der Waals surface area (Å²) in [5.74, 6) is -1.98. The van der Waals surface area contributed by atoms with Crippen molar-refractivity contribution in [3.63, 3.8) is 0 Å². The minimum absolute atomic E-state index is 0.0817. The van der Waals surface area contributed by atoms with Crippen LogP contribution in [0.2, 0.25) is 0 Å². The molecule has 0 spiro atoms. The highest BCUT2D eigenvalue weighted by atomic mass is 19.4. The largest absolute Gasteiger partial charge is 0.481 e. The van der Waals surface area contributed by atoms with Gasteiger partial charge >= 0.3 is 12.1 Å². The number of hydrogen-bond acceptors (Lipinski definition) is 2. The monoisotopic (exact) mass is 279 g/mol. The van der Waals surface area contributed by atoms with Crippen LogP contribution < -0.4 is 0 Å². The maximum absolute atomic E-state index is 12.9. The maximum atomic E-state index is 12.9. The van der Waals surface area contributed by atoms with Gasteiger partial charge in [-0.05, 0) is 24.7 Å². The van der Waals surface area contributed by atoms with Gasteiger partial charge in [0.05, 0.1) is 12.0 Å². The highest BCUT2D eigenvalue weighted by Crippen LogP contribution is 2.33. The Morgan fingerprint density at radius 1 is 1.37 bits per heavy atom. The normalized spacial score (nSPS) is 11.9. The molecular weight excluding hydrogens is 266 g/mol. The van der Waals surface area contributed by atoms with E-state index in [-0.39, 0.29) is 25.1 Å². The molecule has 0 aliphatic heterocycles. The van der Waals surface area contributed by atoms with E-state index < -0.39 is 23.5 Å². The van der Waals surface area contributed by atoms with Crippen molar-refractivity contribution in [1.29, 1.82) is 0 Å². The van der Waals surface area contributed by atoms with Crippen LogP contribution in [0.15, 0.2) is 18.2 Å². The number of halogens is 4.